The van der Waals surface area contributed by atoms with Gasteiger partial charge in [-0.15, -0.1) is 0 Å². The fraction of sp³-hybridized carbons (Fsp3) is 1.00. The van der Waals surface area contributed by atoms with Gasteiger partial charge in [-0.25, -0.2) is 0 Å². The Kier molecular flexibility index (Phi) is 3.26. The number of nitrogens with two attached hydrogens (primary N) is 1. The second-order valence-corrected chi connectivity index (χ2v) is 3.15. The minimum absolute atomic E-state index is 0.0347. The number of rotatable bonds is 3. The topological polar surface area (TPSA) is 67.5 Å². The number of hydrogen-bond donors (Lipinski definition) is 3. The number of nitrogens with one attached hydrogen (secondary N) is 1. The fourth-order valence-corrected chi connectivity index (χ4v) is 1.41. The summed E-state index contributed by atoms with van der Waals surface area (Å²) in [6.07, 6.45) is 1.79. The summed E-state index contributed by atoms with van der Waals surface area (Å²) in [6, 6.07) is 0. The molecule has 0 aliphatic carbocycles. The van der Waals surface area contributed by atoms with E-state index in [-0.39, 0.29) is 12.0 Å². The van der Waals surface area contributed by atoms with Crippen LogP contribution in [0.5, 0.6) is 0 Å². The van der Waals surface area contributed by atoms with E-state index in [9.17, 15) is 0 Å². The highest BCUT2D eigenvalue weighted by Gasteiger charge is 2.31. The summed E-state index contributed by atoms with van der Waals surface area (Å²) >= 11 is 0. The molecule has 4 N–H and O–H groups in total. The lowest BCUT2D eigenvalue weighted by Crippen LogP contribution is -2.44. The molecule has 0 radical (unpaired) electrons. The molecule has 0 atom stereocenters. The van der Waals surface area contributed by atoms with Gasteiger partial charge in [-0.3, -0.25) is 11.3 Å². The predicted molar refractivity (Wildman–Crippen MR) is 41.8 cm³/mol. The molecule has 66 valence electrons. The Balaban J connectivity index is 2.42. The molecule has 0 aromatic carbocycles. The van der Waals surface area contributed by atoms with E-state index < -0.39 is 0 Å². The van der Waals surface area contributed by atoms with Gasteiger partial charge in [0.05, 0.1) is 6.61 Å². The van der Waals surface area contributed by atoms with Gasteiger partial charge in [-0.1, -0.05) is 0 Å². The Labute approximate surface area is 66.7 Å². The molecule has 1 aliphatic heterocycles. The second kappa shape index (κ2) is 4.01. The fourth-order valence-electron chi connectivity index (χ4n) is 1.41. The van der Waals surface area contributed by atoms with Crippen LogP contribution in [0.3, 0.4) is 0 Å². The molecule has 4 nitrogen and oxygen atoms in total. The van der Waals surface area contributed by atoms with Crippen LogP contribution < -0.4 is 11.3 Å². The van der Waals surface area contributed by atoms with Crippen molar-refractivity contribution in [2.24, 2.45) is 11.3 Å². The van der Waals surface area contributed by atoms with E-state index in [1.807, 2.05) is 0 Å². The SMILES string of the molecule is NNCC1(CO)CCOCC1. The Morgan fingerprint density at radius 3 is 2.55 bits per heavy atom. The molecule has 0 saturated carbocycles. The van der Waals surface area contributed by atoms with Crippen molar-refractivity contribution in [1.82, 2.24) is 5.43 Å². The van der Waals surface area contributed by atoms with E-state index in [0.717, 1.165) is 26.1 Å². The summed E-state index contributed by atoms with van der Waals surface area (Å²) in [5.41, 5.74) is 2.58. The molecule has 0 aromatic heterocycles. The third kappa shape index (κ3) is 2.13. The van der Waals surface area contributed by atoms with Gasteiger partial charge in [0.1, 0.15) is 0 Å². The zero-order valence-electron chi connectivity index (χ0n) is 6.68. The summed E-state index contributed by atoms with van der Waals surface area (Å²) < 4.78 is 5.19. The van der Waals surface area contributed by atoms with Crippen molar-refractivity contribution >= 4 is 0 Å². The summed E-state index contributed by atoms with van der Waals surface area (Å²) in [5.74, 6) is 5.22. The maximum Gasteiger partial charge on any atom is 0.0501 e. The van der Waals surface area contributed by atoms with Crippen molar-refractivity contribution in [2.75, 3.05) is 26.4 Å². The molecule has 4 heteroatoms. The molecular formula is C7H16N2O2. The van der Waals surface area contributed by atoms with E-state index in [1.54, 1.807) is 0 Å². The molecule has 0 unspecified atom stereocenters. The van der Waals surface area contributed by atoms with E-state index in [2.05, 4.69) is 5.43 Å². The number of aliphatic hydroxyl groups excluding tert-OH is 1. The first-order valence-corrected chi connectivity index (χ1v) is 3.95. The molecule has 1 aliphatic rings. The third-order valence-electron chi connectivity index (χ3n) is 2.37. The highest BCUT2D eigenvalue weighted by Crippen LogP contribution is 2.28. The third-order valence-corrected chi connectivity index (χ3v) is 2.37. The van der Waals surface area contributed by atoms with Crippen molar-refractivity contribution < 1.29 is 9.84 Å². The summed E-state index contributed by atoms with van der Waals surface area (Å²) in [5, 5.41) is 9.12. The summed E-state index contributed by atoms with van der Waals surface area (Å²) in [4.78, 5) is 0. The number of hydrazine groups is 1. The van der Waals surface area contributed by atoms with Crippen molar-refractivity contribution in [2.45, 2.75) is 12.8 Å². The molecule has 0 bridgehead atoms. The van der Waals surface area contributed by atoms with Gasteiger partial charge >= 0.3 is 0 Å². The standard InChI is InChI=1S/C7H16N2O2/c8-9-5-7(6-10)1-3-11-4-2-7/h9-10H,1-6,8H2. The quantitative estimate of drug-likeness (QED) is 0.375. The van der Waals surface area contributed by atoms with Crippen molar-refractivity contribution in [3.63, 3.8) is 0 Å². The lowest BCUT2D eigenvalue weighted by Gasteiger charge is -2.34. The van der Waals surface area contributed by atoms with Crippen LogP contribution in [-0.2, 0) is 4.74 Å². The molecule has 1 rings (SSSR count). The maximum atomic E-state index is 9.12. The monoisotopic (exact) mass is 160 g/mol. The average molecular weight is 160 g/mol. The van der Waals surface area contributed by atoms with Crippen LogP contribution in [-0.4, -0.2) is 31.5 Å². The molecule has 1 fully saturated rings. The van der Waals surface area contributed by atoms with Crippen molar-refractivity contribution in [1.29, 1.82) is 0 Å². The smallest absolute Gasteiger partial charge is 0.0501 e. The van der Waals surface area contributed by atoms with E-state index >= 15 is 0 Å². The molecule has 0 aromatic rings. The molecule has 1 saturated heterocycles. The first-order chi connectivity index (χ1) is 5.33. The van der Waals surface area contributed by atoms with Crippen LogP contribution in [0.1, 0.15) is 12.8 Å². The van der Waals surface area contributed by atoms with Crippen LogP contribution in [0.4, 0.5) is 0 Å². The molecule has 11 heavy (non-hydrogen) atoms. The second-order valence-electron chi connectivity index (χ2n) is 3.15. The van der Waals surface area contributed by atoms with Gasteiger partial charge < -0.3 is 9.84 Å². The largest absolute Gasteiger partial charge is 0.396 e. The highest BCUT2D eigenvalue weighted by atomic mass is 16.5. The lowest BCUT2D eigenvalue weighted by atomic mass is 9.81. The van der Waals surface area contributed by atoms with E-state index in [4.69, 9.17) is 15.7 Å². The minimum Gasteiger partial charge on any atom is -0.396 e. The number of aliphatic hydroxyl groups is 1. The summed E-state index contributed by atoms with van der Waals surface area (Å²) in [7, 11) is 0. The lowest BCUT2D eigenvalue weighted by molar-refractivity contribution is -0.0151. The Morgan fingerprint density at radius 2 is 2.09 bits per heavy atom. The van der Waals surface area contributed by atoms with Crippen molar-refractivity contribution in [3.05, 3.63) is 0 Å². The normalized spacial score (nSPS) is 23.5. The van der Waals surface area contributed by atoms with Crippen LogP contribution >= 0.6 is 0 Å². The Bertz CT molecular complexity index is 107. The van der Waals surface area contributed by atoms with Gasteiger partial charge in [0.15, 0.2) is 0 Å². The highest BCUT2D eigenvalue weighted by molar-refractivity contribution is 4.82. The maximum absolute atomic E-state index is 9.12. The molecular weight excluding hydrogens is 144 g/mol. The Morgan fingerprint density at radius 1 is 1.45 bits per heavy atom. The average Bonchev–Trinajstić information content (AvgIpc) is 2.07. The zero-order valence-corrected chi connectivity index (χ0v) is 6.68. The number of ether oxygens (including phenoxy) is 1. The molecule has 0 amide bonds. The van der Waals surface area contributed by atoms with Gasteiger partial charge in [-0.05, 0) is 12.8 Å². The predicted octanol–water partition coefficient (Wildman–Crippen LogP) is -0.761. The van der Waals surface area contributed by atoms with Crippen LogP contribution in [0.25, 0.3) is 0 Å². The first kappa shape index (κ1) is 8.93. The minimum atomic E-state index is -0.0347. The first-order valence-electron chi connectivity index (χ1n) is 3.95. The van der Waals surface area contributed by atoms with Gasteiger partial charge in [0.25, 0.3) is 0 Å². The van der Waals surface area contributed by atoms with Crippen LogP contribution in [0, 0.1) is 5.41 Å². The van der Waals surface area contributed by atoms with Gasteiger partial charge in [0.2, 0.25) is 0 Å². The zero-order chi connectivity index (χ0) is 8.16. The Hall–Kier alpha value is -0.160. The van der Waals surface area contributed by atoms with Gasteiger partial charge in [-0.2, -0.15) is 0 Å². The van der Waals surface area contributed by atoms with E-state index in [1.165, 1.54) is 0 Å². The number of hydrogen-bond acceptors (Lipinski definition) is 4. The summed E-state index contributed by atoms with van der Waals surface area (Å²) in [6.45, 7) is 2.35. The molecule has 1 heterocycles. The van der Waals surface area contributed by atoms with Crippen LogP contribution in [0.15, 0.2) is 0 Å². The molecule has 0 spiro atoms. The van der Waals surface area contributed by atoms with Gasteiger partial charge in [0, 0.05) is 25.2 Å². The van der Waals surface area contributed by atoms with Crippen LogP contribution in [0.2, 0.25) is 0 Å². The van der Waals surface area contributed by atoms with Crippen molar-refractivity contribution in [3.8, 4) is 0 Å². The van der Waals surface area contributed by atoms with E-state index in [0.29, 0.717) is 6.54 Å².